The van der Waals surface area contributed by atoms with Crippen molar-refractivity contribution < 1.29 is 0 Å². The third kappa shape index (κ3) is 5.06. The zero-order valence-electron chi connectivity index (χ0n) is 7.05. The first-order valence-corrected chi connectivity index (χ1v) is 4.77. The summed E-state index contributed by atoms with van der Waals surface area (Å²) in [4.78, 5) is 1.97. The molecule has 0 radical (unpaired) electrons. The van der Waals surface area contributed by atoms with Crippen LogP contribution in [-0.2, 0) is 0 Å². The molecule has 1 nitrogen and oxygen atoms in total. The molecule has 0 bridgehead atoms. The molecule has 0 amide bonds. The Morgan fingerprint density at radius 1 is 1.50 bits per heavy atom. The Balaban J connectivity index is 3.40. The molecule has 0 unspecified atom stereocenters. The molecule has 0 aliphatic heterocycles. The Morgan fingerprint density at radius 2 is 2.00 bits per heavy atom. The topological polar surface area (TPSA) is 3.24 Å². The minimum absolute atomic E-state index is 0.725. The van der Waals surface area contributed by atoms with Gasteiger partial charge in [0.25, 0.3) is 0 Å². The van der Waals surface area contributed by atoms with Crippen LogP contribution in [0.15, 0.2) is 0 Å². The molecular formula is C7H15NS2. The molecule has 10 heavy (non-hydrogen) atoms. The maximum Gasteiger partial charge on any atom is 0.135 e. The summed E-state index contributed by atoms with van der Waals surface area (Å²) in [7, 11) is 3.96. The van der Waals surface area contributed by atoms with E-state index in [0.29, 0.717) is 0 Å². The number of thioether (sulfide) groups is 1. The van der Waals surface area contributed by atoms with Gasteiger partial charge in [-0.2, -0.15) is 0 Å². The summed E-state index contributed by atoms with van der Waals surface area (Å²) in [6, 6.07) is 0. The average Bonchev–Trinajstić information content (AvgIpc) is 1.82. The molecule has 0 aromatic heterocycles. The van der Waals surface area contributed by atoms with Crippen molar-refractivity contribution in [1.29, 1.82) is 0 Å². The van der Waals surface area contributed by atoms with Gasteiger partial charge in [-0.05, 0) is 5.92 Å². The maximum atomic E-state index is 5.09. The molecule has 0 fully saturated rings. The van der Waals surface area contributed by atoms with Gasteiger partial charge in [0, 0.05) is 19.8 Å². The van der Waals surface area contributed by atoms with E-state index in [9.17, 15) is 0 Å². The van der Waals surface area contributed by atoms with Gasteiger partial charge in [-0.15, -0.1) is 0 Å². The molecular weight excluding hydrogens is 162 g/mol. The van der Waals surface area contributed by atoms with Crippen LogP contribution < -0.4 is 0 Å². The fraction of sp³-hybridized carbons (Fsp3) is 0.857. The number of hydrogen-bond acceptors (Lipinski definition) is 2. The van der Waals surface area contributed by atoms with E-state index >= 15 is 0 Å². The van der Waals surface area contributed by atoms with E-state index in [4.69, 9.17) is 12.2 Å². The SMILES string of the molecule is CC(C)CSC(=S)N(C)C. The Hall–Kier alpha value is 0.240. The van der Waals surface area contributed by atoms with Gasteiger partial charge < -0.3 is 4.90 Å². The summed E-state index contributed by atoms with van der Waals surface area (Å²) in [5.41, 5.74) is 0. The van der Waals surface area contributed by atoms with Crippen LogP contribution in [0.25, 0.3) is 0 Å². The van der Waals surface area contributed by atoms with Gasteiger partial charge in [0.2, 0.25) is 0 Å². The number of thiocarbonyl (C=S) groups is 1. The third-order valence-corrected chi connectivity index (χ3v) is 3.07. The molecule has 0 aromatic carbocycles. The van der Waals surface area contributed by atoms with Crippen LogP contribution in [-0.4, -0.2) is 29.1 Å². The second-order valence-corrected chi connectivity index (χ2v) is 4.52. The lowest BCUT2D eigenvalue weighted by molar-refractivity contribution is 0.647. The predicted molar refractivity (Wildman–Crippen MR) is 53.6 cm³/mol. The van der Waals surface area contributed by atoms with Gasteiger partial charge in [0.1, 0.15) is 4.32 Å². The van der Waals surface area contributed by atoms with Crippen molar-refractivity contribution in [2.24, 2.45) is 5.92 Å². The molecule has 0 aliphatic rings. The lowest BCUT2D eigenvalue weighted by atomic mass is 10.3. The molecule has 0 aliphatic carbocycles. The summed E-state index contributed by atoms with van der Waals surface area (Å²) in [5, 5.41) is 0. The molecule has 3 heteroatoms. The van der Waals surface area contributed by atoms with E-state index in [1.54, 1.807) is 11.8 Å². The highest BCUT2D eigenvalue weighted by Crippen LogP contribution is 2.10. The summed E-state index contributed by atoms with van der Waals surface area (Å²) in [5.74, 6) is 1.85. The van der Waals surface area contributed by atoms with Crippen LogP contribution in [0, 0.1) is 5.92 Å². The highest BCUT2D eigenvalue weighted by molar-refractivity contribution is 8.22. The quantitative estimate of drug-likeness (QED) is 0.595. The second-order valence-electron chi connectivity index (χ2n) is 2.87. The van der Waals surface area contributed by atoms with Gasteiger partial charge in [0.05, 0.1) is 0 Å². The van der Waals surface area contributed by atoms with Crippen LogP contribution in [0.1, 0.15) is 13.8 Å². The second kappa shape index (κ2) is 4.97. The van der Waals surface area contributed by atoms with E-state index in [1.165, 1.54) is 0 Å². The zero-order chi connectivity index (χ0) is 8.15. The molecule has 0 saturated heterocycles. The molecule has 0 heterocycles. The van der Waals surface area contributed by atoms with Gasteiger partial charge >= 0.3 is 0 Å². The molecule has 0 N–H and O–H groups in total. The highest BCUT2D eigenvalue weighted by Gasteiger charge is 2.00. The van der Waals surface area contributed by atoms with Crippen LogP contribution >= 0.6 is 24.0 Å². The Labute approximate surface area is 73.2 Å². The Kier molecular flexibility index (Phi) is 5.09. The van der Waals surface area contributed by atoms with E-state index in [2.05, 4.69) is 13.8 Å². The van der Waals surface area contributed by atoms with Crippen molar-refractivity contribution in [3.63, 3.8) is 0 Å². The van der Waals surface area contributed by atoms with E-state index < -0.39 is 0 Å². The molecule has 0 rings (SSSR count). The average molecular weight is 177 g/mol. The third-order valence-electron chi connectivity index (χ3n) is 0.905. The largest absolute Gasteiger partial charge is 0.364 e. The summed E-state index contributed by atoms with van der Waals surface area (Å²) in [6.07, 6.45) is 0. The predicted octanol–water partition coefficient (Wildman–Crippen LogP) is 2.22. The van der Waals surface area contributed by atoms with Crippen molar-refractivity contribution in [2.75, 3.05) is 19.8 Å². The van der Waals surface area contributed by atoms with Crippen molar-refractivity contribution in [2.45, 2.75) is 13.8 Å². The molecule has 0 aromatic rings. The van der Waals surface area contributed by atoms with Crippen LogP contribution in [0.4, 0.5) is 0 Å². The highest BCUT2D eigenvalue weighted by atomic mass is 32.2. The van der Waals surface area contributed by atoms with Crippen molar-refractivity contribution in [1.82, 2.24) is 4.90 Å². The summed E-state index contributed by atoms with van der Waals surface area (Å²) in [6.45, 7) is 4.40. The minimum Gasteiger partial charge on any atom is -0.364 e. The standard InChI is InChI=1S/C7H15NS2/c1-6(2)5-10-7(9)8(3)4/h6H,5H2,1-4H3. The lowest BCUT2D eigenvalue weighted by Gasteiger charge is -2.13. The fourth-order valence-electron chi connectivity index (χ4n) is 0.367. The van der Waals surface area contributed by atoms with E-state index in [-0.39, 0.29) is 0 Å². The first kappa shape index (κ1) is 10.2. The van der Waals surface area contributed by atoms with Crippen molar-refractivity contribution in [3.8, 4) is 0 Å². The number of nitrogens with zero attached hydrogens (tertiary/aromatic N) is 1. The van der Waals surface area contributed by atoms with E-state index in [0.717, 1.165) is 16.0 Å². The van der Waals surface area contributed by atoms with Crippen molar-refractivity contribution >= 4 is 28.3 Å². The fourth-order valence-corrected chi connectivity index (χ4v) is 1.31. The zero-order valence-corrected chi connectivity index (χ0v) is 8.68. The Bertz CT molecular complexity index is 110. The molecule has 0 atom stereocenters. The van der Waals surface area contributed by atoms with Crippen LogP contribution in [0.2, 0.25) is 0 Å². The van der Waals surface area contributed by atoms with Gasteiger partial charge in [0.15, 0.2) is 0 Å². The summed E-state index contributed by atoms with van der Waals surface area (Å²) >= 11 is 6.84. The lowest BCUT2D eigenvalue weighted by Crippen LogP contribution is -2.17. The molecule has 60 valence electrons. The van der Waals surface area contributed by atoms with Crippen LogP contribution in [0.3, 0.4) is 0 Å². The first-order valence-electron chi connectivity index (χ1n) is 3.38. The Morgan fingerprint density at radius 3 is 2.30 bits per heavy atom. The smallest absolute Gasteiger partial charge is 0.135 e. The van der Waals surface area contributed by atoms with Gasteiger partial charge in [-0.1, -0.05) is 37.8 Å². The number of rotatable bonds is 2. The van der Waals surface area contributed by atoms with Gasteiger partial charge in [-0.3, -0.25) is 0 Å². The summed E-state index contributed by atoms with van der Waals surface area (Å²) < 4.78 is 0.980. The maximum absolute atomic E-state index is 5.09. The molecule has 0 spiro atoms. The first-order chi connectivity index (χ1) is 4.54. The van der Waals surface area contributed by atoms with Crippen molar-refractivity contribution in [3.05, 3.63) is 0 Å². The normalized spacial score (nSPS) is 10.1. The van der Waals surface area contributed by atoms with Crippen LogP contribution in [0.5, 0.6) is 0 Å². The monoisotopic (exact) mass is 177 g/mol. The van der Waals surface area contributed by atoms with Gasteiger partial charge in [-0.25, -0.2) is 0 Å². The van der Waals surface area contributed by atoms with E-state index in [1.807, 2.05) is 19.0 Å². The minimum atomic E-state index is 0.725. The number of hydrogen-bond donors (Lipinski definition) is 0. The molecule has 0 saturated carbocycles.